The fraction of sp³-hybridized carbons (Fsp3) is 0.320. The summed E-state index contributed by atoms with van der Waals surface area (Å²) in [5.41, 5.74) is 3.11. The van der Waals surface area contributed by atoms with Crippen LogP contribution in [0.4, 0.5) is 11.5 Å². The van der Waals surface area contributed by atoms with Crippen molar-refractivity contribution in [1.29, 1.82) is 0 Å². The predicted octanol–water partition coefficient (Wildman–Crippen LogP) is 3.44. The molecule has 2 unspecified atom stereocenters. The summed E-state index contributed by atoms with van der Waals surface area (Å²) in [7, 11) is 0. The molecule has 0 radical (unpaired) electrons. The molecular weight excluding hydrogens is 388 g/mol. The third-order valence-electron chi connectivity index (χ3n) is 6.32. The molecule has 2 aliphatic heterocycles. The Morgan fingerprint density at radius 1 is 1.00 bits per heavy atom. The summed E-state index contributed by atoms with van der Waals surface area (Å²) in [6.45, 7) is 2.53. The van der Waals surface area contributed by atoms with Gasteiger partial charge >= 0.3 is 0 Å². The minimum absolute atomic E-state index is 0.00652. The van der Waals surface area contributed by atoms with Crippen molar-refractivity contribution >= 4 is 17.4 Å². The summed E-state index contributed by atoms with van der Waals surface area (Å²) >= 11 is 0. The van der Waals surface area contributed by atoms with E-state index in [1.54, 1.807) is 12.3 Å². The van der Waals surface area contributed by atoms with Gasteiger partial charge in [0.15, 0.2) is 0 Å². The summed E-state index contributed by atoms with van der Waals surface area (Å²) in [4.78, 5) is 31.4. The van der Waals surface area contributed by atoms with Crippen LogP contribution in [0.5, 0.6) is 0 Å². The number of nitrogens with one attached hydrogen (secondary N) is 1. The van der Waals surface area contributed by atoms with Gasteiger partial charge in [-0.1, -0.05) is 36.4 Å². The van der Waals surface area contributed by atoms with Crippen molar-refractivity contribution in [3.8, 4) is 0 Å². The number of benzene rings is 1. The van der Waals surface area contributed by atoms with E-state index in [9.17, 15) is 9.59 Å². The van der Waals surface area contributed by atoms with E-state index in [2.05, 4.69) is 21.3 Å². The Labute approximate surface area is 181 Å². The first kappa shape index (κ1) is 19.5. The van der Waals surface area contributed by atoms with E-state index >= 15 is 0 Å². The number of carbonyl (C=O) groups excluding carboxylic acids is 1. The molecule has 158 valence electrons. The number of rotatable bonds is 5. The molecule has 0 spiro atoms. The number of pyridine rings is 2. The third kappa shape index (κ3) is 4.24. The lowest BCUT2D eigenvalue weighted by atomic mass is 9.83. The van der Waals surface area contributed by atoms with Gasteiger partial charge in [-0.2, -0.15) is 0 Å². The topological polar surface area (TPSA) is 67.2 Å². The second kappa shape index (κ2) is 8.38. The maximum absolute atomic E-state index is 12.3. The van der Waals surface area contributed by atoms with Crippen LogP contribution in [0.2, 0.25) is 0 Å². The monoisotopic (exact) mass is 414 g/mol. The van der Waals surface area contributed by atoms with Gasteiger partial charge in [0, 0.05) is 43.7 Å². The Hall–Kier alpha value is -3.41. The zero-order valence-corrected chi connectivity index (χ0v) is 17.4. The number of fused-ring (bicyclic) bond motifs is 4. The van der Waals surface area contributed by atoms with Crippen LogP contribution in [0.15, 0.2) is 71.7 Å². The van der Waals surface area contributed by atoms with Gasteiger partial charge in [-0.05, 0) is 42.5 Å². The van der Waals surface area contributed by atoms with Crippen LogP contribution in [-0.4, -0.2) is 28.5 Å². The van der Waals surface area contributed by atoms with Gasteiger partial charge in [-0.25, -0.2) is 4.98 Å². The van der Waals surface area contributed by atoms with E-state index in [4.69, 9.17) is 0 Å². The number of anilines is 2. The van der Waals surface area contributed by atoms with E-state index in [1.165, 1.54) is 0 Å². The van der Waals surface area contributed by atoms with Crippen LogP contribution in [0, 0.1) is 5.92 Å². The van der Waals surface area contributed by atoms with Gasteiger partial charge < -0.3 is 14.8 Å². The van der Waals surface area contributed by atoms with Crippen LogP contribution >= 0.6 is 0 Å². The number of carbonyl (C=O) groups is 1. The lowest BCUT2D eigenvalue weighted by Crippen LogP contribution is -2.47. The van der Waals surface area contributed by atoms with Crippen LogP contribution in [0.25, 0.3) is 0 Å². The van der Waals surface area contributed by atoms with Crippen molar-refractivity contribution in [2.45, 2.75) is 31.7 Å². The zero-order valence-electron chi connectivity index (χ0n) is 17.4. The largest absolute Gasteiger partial charge is 0.356 e. The van der Waals surface area contributed by atoms with Gasteiger partial charge in [0.2, 0.25) is 5.91 Å². The van der Waals surface area contributed by atoms with Crippen LogP contribution in [-0.2, 0) is 17.8 Å². The number of piperidine rings is 1. The van der Waals surface area contributed by atoms with Gasteiger partial charge in [-0.3, -0.25) is 9.59 Å². The van der Waals surface area contributed by atoms with E-state index in [0.717, 1.165) is 55.2 Å². The second-order valence-corrected chi connectivity index (χ2v) is 8.54. The van der Waals surface area contributed by atoms with Crippen molar-refractivity contribution in [2.75, 3.05) is 23.3 Å². The highest BCUT2D eigenvalue weighted by atomic mass is 16.1. The molecule has 1 fully saturated rings. The number of aryl methyl sites for hydroxylation is 1. The molecule has 3 aromatic rings. The van der Waals surface area contributed by atoms with Crippen LogP contribution in [0.1, 0.15) is 30.0 Å². The van der Waals surface area contributed by atoms with Crippen molar-refractivity contribution < 1.29 is 4.79 Å². The quantitative estimate of drug-likeness (QED) is 0.695. The Balaban J connectivity index is 1.22. The molecular formula is C25H26N4O2. The van der Waals surface area contributed by atoms with Gasteiger partial charge in [0.25, 0.3) is 5.56 Å². The molecule has 1 amide bonds. The Kier molecular flexibility index (Phi) is 5.28. The predicted molar refractivity (Wildman–Crippen MR) is 121 cm³/mol. The summed E-state index contributed by atoms with van der Waals surface area (Å²) in [6.07, 6.45) is 4.02. The first-order chi connectivity index (χ1) is 15.2. The standard InChI is InChI=1S/C25H26N4O2/c30-24(12-9-18-5-2-1-3-6-18)27-21-10-11-23(26-14-21)28-15-19-13-20(17-28)22-7-4-8-25(31)29(22)16-19/h1-8,10-11,14,19-20H,9,12-13,15-17H2,(H,27,30). The lowest BCUT2D eigenvalue weighted by Gasteiger charge is -2.43. The maximum atomic E-state index is 12.3. The summed E-state index contributed by atoms with van der Waals surface area (Å²) < 4.78 is 1.94. The number of aromatic nitrogens is 2. The molecule has 2 atom stereocenters. The molecule has 2 bridgehead atoms. The maximum Gasteiger partial charge on any atom is 0.250 e. The Morgan fingerprint density at radius 2 is 1.87 bits per heavy atom. The highest BCUT2D eigenvalue weighted by Crippen LogP contribution is 2.36. The summed E-state index contributed by atoms with van der Waals surface area (Å²) in [6, 6.07) is 19.5. The van der Waals surface area contributed by atoms with E-state index in [-0.39, 0.29) is 11.5 Å². The molecule has 1 aromatic carbocycles. The fourth-order valence-electron chi connectivity index (χ4n) is 4.86. The van der Waals surface area contributed by atoms with E-state index in [1.807, 2.05) is 53.1 Å². The average Bonchev–Trinajstić information content (AvgIpc) is 2.80. The molecule has 2 aliphatic rings. The molecule has 2 aromatic heterocycles. The molecule has 5 rings (SSSR count). The van der Waals surface area contributed by atoms with Gasteiger partial charge in [-0.15, -0.1) is 0 Å². The zero-order chi connectivity index (χ0) is 21.2. The highest BCUT2D eigenvalue weighted by Gasteiger charge is 2.34. The molecule has 1 N–H and O–H groups in total. The molecule has 31 heavy (non-hydrogen) atoms. The molecule has 4 heterocycles. The third-order valence-corrected chi connectivity index (χ3v) is 6.32. The van der Waals surface area contributed by atoms with Crippen molar-refractivity contribution in [2.24, 2.45) is 5.92 Å². The molecule has 1 saturated heterocycles. The fourth-order valence-corrected chi connectivity index (χ4v) is 4.86. The van der Waals surface area contributed by atoms with Crippen molar-refractivity contribution in [3.05, 3.63) is 88.5 Å². The Bertz CT molecular complexity index is 1120. The lowest BCUT2D eigenvalue weighted by molar-refractivity contribution is -0.116. The second-order valence-electron chi connectivity index (χ2n) is 8.54. The number of hydrogen-bond donors (Lipinski definition) is 1. The number of hydrogen-bond acceptors (Lipinski definition) is 4. The molecule has 0 saturated carbocycles. The summed E-state index contributed by atoms with van der Waals surface area (Å²) in [5.74, 6) is 1.71. The average molecular weight is 415 g/mol. The minimum Gasteiger partial charge on any atom is -0.356 e. The minimum atomic E-state index is -0.00652. The normalized spacial score (nSPS) is 19.5. The smallest absolute Gasteiger partial charge is 0.250 e. The van der Waals surface area contributed by atoms with Crippen molar-refractivity contribution in [1.82, 2.24) is 9.55 Å². The molecule has 0 aliphatic carbocycles. The summed E-state index contributed by atoms with van der Waals surface area (Å²) in [5, 5.41) is 2.94. The molecule has 6 nitrogen and oxygen atoms in total. The van der Waals surface area contributed by atoms with E-state index in [0.29, 0.717) is 18.3 Å². The van der Waals surface area contributed by atoms with Crippen LogP contribution in [0.3, 0.4) is 0 Å². The van der Waals surface area contributed by atoms with Crippen molar-refractivity contribution in [3.63, 3.8) is 0 Å². The number of amides is 1. The highest BCUT2D eigenvalue weighted by molar-refractivity contribution is 5.90. The SMILES string of the molecule is O=C(CCc1ccccc1)Nc1ccc(N2CC3CC(C2)c2cccc(=O)n2C3)nc1. The number of nitrogens with zero attached hydrogens (tertiary/aromatic N) is 3. The van der Waals surface area contributed by atoms with Gasteiger partial charge in [0.05, 0.1) is 11.9 Å². The Morgan fingerprint density at radius 3 is 2.68 bits per heavy atom. The molecule has 6 heteroatoms. The van der Waals surface area contributed by atoms with E-state index < -0.39 is 0 Å². The van der Waals surface area contributed by atoms with Gasteiger partial charge in [0.1, 0.15) is 5.82 Å². The first-order valence-electron chi connectivity index (χ1n) is 10.9. The van der Waals surface area contributed by atoms with Crippen LogP contribution < -0.4 is 15.8 Å². The first-order valence-corrected chi connectivity index (χ1v) is 10.9.